The fourth-order valence-corrected chi connectivity index (χ4v) is 3.20. The van der Waals surface area contributed by atoms with Crippen LogP contribution >= 0.6 is 0 Å². The SMILES string of the molecule is COCCC(C)NCC1CCCN(S(C)(=O)=O)C1. The molecule has 0 bridgehead atoms. The summed E-state index contributed by atoms with van der Waals surface area (Å²) in [5.41, 5.74) is 0. The Bertz CT molecular complexity index is 332. The lowest BCUT2D eigenvalue weighted by Crippen LogP contribution is -2.43. The molecule has 2 atom stereocenters. The van der Waals surface area contributed by atoms with Gasteiger partial charge in [-0.05, 0) is 38.6 Å². The number of nitrogens with one attached hydrogen (secondary N) is 1. The monoisotopic (exact) mass is 278 g/mol. The average Bonchev–Trinajstić information content (AvgIpc) is 2.33. The summed E-state index contributed by atoms with van der Waals surface area (Å²) in [5, 5.41) is 3.46. The van der Waals surface area contributed by atoms with E-state index in [0.717, 1.165) is 32.4 Å². The maximum atomic E-state index is 11.5. The van der Waals surface area contributed by atoms with E-state index in [1.165, 1.54) is 6.26 Å². The van der Waals surface area contributed by atoms with E-state index in [4.69, 9.17) is 4.74 Å². The zero-order valence-corrected chi connectivity index (χ0v) is 12.5. The molecule has 1 aliphatic rings. The van der Waals surface area contributed by atoms with Crippen molar-refractivity contribution >= 4 is 10.0 Å². The summed E-state index contributed by atoms with van der Waals surface area (Å²) in [7, 11) is -1.32. The minimum atomic E-state index is -3.03. The molecule has 1 rings (SSSR count). The molecule has 1 heterocycles. The van der Waals surface area contributed by atoms with E-state index in [1.807, 2.05) is 0 Å². The van der Waals surface area contributed by atoms with E-state index in [1.54, 1.807) is 11.4 Å². The average molecular weight is 278 g/mol. The lowest BCUT2D eigenvalue weighted by atomic mass is 9.99. The maximum Gasteiger partial charge on any atom is 0.211 e. The van der Waals surface area contributed by atoms with Crippen LogP contribution in [0.5, 0.6) is 0 Å². The van der Waals surface area contributed by atoms with Crippen molar-refractivity contribution in [2.45, 2.75) is 32.2 Å². The molecule has 0 amide bonds. The topological polar surface area (TPSA) is 58.6 Å². The molecule has 1 N–H and O–H groups in total. The van der Waals surface area contributed by atoms with Gasteiger partial charge in [-0.25, -0.2) is 12.7 Å². The van der Waals surface area contributed by atoms with Gasteiger partial charge < -0.3 is 10.1 Å². The van der Waals surface area contributed by atoms with Crippen molar-refractivity contribution in [3.8, 4) is 0 Å². The Labute approximate surface area is 111 Å². The van der Waals surface area contributed by atoms with E-state index in [-0.39, 0.29) is 0 Å². The molecule has 5 nitrogen and oxygen atoms in total. The molecule has 0 saturated carbocycles. The van der Waals surface area contributed by atoms with Gasteiger partial charge in [0, 0.05) is 32.8 Å². The van der Waals surface area contributed by atoms with Crippen LogP contribution in [-0.4, -0.2) is 58.4 Å². The van der Waals surface area contributed by atoms with E-state index in [0.29, 0.717) is 25.0 Å². The fourth-order valence-electron chi connectivity index (χ4n) is 2.26. The fraction of sp³-hybridized carbons (Fsp3) is 1.00. The van der Waals surface area contributed by atoms with Crippen LogP contribution in [0, 0.1) is 5.92 Å². The van der Waals surface area contributed by atoms with Crippen molar-refractivity contribution in [3.63, 3.8) is 0 Å². The summed E-state index contributed by atoms with van der Waals surface area (Å²) in [6.45, 7) is 5.11. The van der Waals surface area contributed by atoms with Crippen LogP contribution in [0.4, 0.5) is 0 Å². The molecular formula is C12H26N2O3S. The molecule has 108 valence electrons. The number of ether oxygens (including phenoxy) is 1. The summed E-state index contributed by atoms with van der Waals surface area (Å²) in [4.78, 5) is 0. The molecule has 0 radical (unpaired) electrons. The van der Waals surface area contributed by atoms with Crippen LogP contribution in [0.15, 0.2) is 0 Å². The second-order valence-corrected chi connectivity index (χ2v) is 7.20. The van der Waals surface area contributed by atoms with Gasteiger partial charge in [0.1, 0.15) is 0 Å². The van der Waals surface area contributed by atoms with Gasteiger partial charge in [0.2, 0.25) is 10.0 Å². The number of methoxy groups -OCH3 is 1. The summed E-state index contributed by atoms with van der Waals surface area (Å²) in [6, 6.07) is 0.415. The minimum Gasteiger partial charge on any atom is -0.385 e. The van der Waals surface area contributed by atoms with Crippen LogP contribution in [0.2, 0.25) is 0 Å². The molecule has 1 saturated heterocycles. The first-order chi connectivity index (χ1) is 8.43. The van der Waals surface area contributed by atoms with Crippen LogP contribution in [0.1, 0.15) is 26.2 Å². The molecule has 1 fully saturated rings. The van der Waals surface area contributed by atoms with Crippen molar-refractivity contribution in [3.05, 3.63) is 0 Å². The quantitative estimate of drug-likeness (QED) is 0.744. The molecule has 18 heavy (non-hydrogen) atoms. The molecule has 1 aliphatic heterocycles. The third-order valence-corrected chi connectivity index (χ3v) is 4.73. The number of hydrogen-bond donors (Lipinski definition) is 1. The Kier molecular flexibility index (Phi) is 6.55. The number of nitrogens with zero attached hydrogens (tertiary/aromatic N) is 1. The number of rotatable bonds is 7. The van der Waals surface area contributed by atoms with Crippen molar-refractivity contribution in [1.82, 2.24) is 9.62 Å². The first-order valence-electron chi connectivity index (χ1n) is 6.61. The van der Waals surface area contributed by atoms with E-state index in [2.05, 4.69) is 12.2 Å². The summed E-state index contributed by atoms with van der Waals surface area (Å²) in [6.07, 6.45) is 4.35. The lowest BCUT2D eigenvalue weighted by molar-refractivity contribution is 0.181. The summed E-state index contributed by atoms with van der Waals surface area (Å²) >= 11 is 0. The van der Waals surface area contributed by atoms with Crippen molar-refractivity contribution in [1.29, 1.82) is 0 Å². The second-order valence-electron chi connectivity index (χ2n) is 5.22. The molecule has 0 aromatic heterocycles. The molecule has 0 aromatic carbocycles. The van der Waals surface area contributed by atoms with Gasteiger partial charge >= 0.3 is 0 Å². The molecular weight excluding hydrogens is 252 g/mol. The highest BCUT2D eigenvalue weighted by Crippen LogP contribution is 2.18. The zero-order chi connectivity index (χ0) is 13.6. The molecule has 6 heteroatoms. The van der Waals surface area contributed by atoms with Crippen molar-refractivity contribution in [2.24, 2.45) is 5.92 Å². The Morgan fingerprint density at radius 2 is 2.22 bits per heavy atom. The standard InChI is InChI=1S/C12H26N2O3S/c1-11(6-8-17-2)13-9-12-5-4-7-14(10-12)18(3,15)16/h11-13H,4-10H2,1-3H3. The van der Waals surface area contributed by atoms with Gasteiger partial charge in [-0.2, -0.15) is 0 Å². The predicted octanol–water partition coefficient (Wildman–Crippen LogP) is 0.673. The van der Waals surface area contributed by atoms with E-state index < -0.39 is 10.0 Å². The Morgan fingerprint density at radius 3 is 2.83 bits per heavy atom. The maximum absolute atomic E-state index is 11.5. The van der Waals surface area contributed by atoms with Crippen LogP contribution in [0.25, 0.3) is 0 Å². The smallest absolute Gasteiger partial charge is 0.211 e. The molecule has 0 spiro atoms. The minimum absolute atomic E-state index is 0.415. The third kappa shape index (κ3) is 5.65. The highest BCUT2D eigenvalue weighted by atomic mass is 32.2. The first kappa shape index (κ1) is 15.9. The van der Waals surface area contributed by atoms with Gasteiger partial charge in [0.15, 0.2) is 0 Å². The largest absolute Gasteiger partial charge is 0.385 e. The molecule has 2 unspecified atom stereocenters. The second kappa shape index (κ2) is 7.43. The number of piperidine rings is 1. The van der Waals surface area contributed by atoms with Crippen LogP contribution in [-0.2, 0) is 14.8 Å². The molecule has 0 aromatic rings. The van der Waals surface area contributed by atoms with E-state index in [9.17, 15) is 8.42 Å². The van der Waals surface area contributed by atoms with Crippen molar-refractivity contribution in [2.75, 3.05) is 39.6 Å². The van der Waals surface area contributed by atoms with E-state index >= 15 is 0 Å². The lowest BCUT2D eigenvalue weighted by Gasteiger charge is -2.31. The van der Waals surface area contributed by atoms with Crippen LogP contribution in [0.3, 0.4) is 0 Å². The Hall–Kier alpha value is -0.170. The van der Waals surface area contributed by atoms with Gasteiger partial charge in [-0.3, -0.25) is 0 Å². The predicted molar refractivity (Wildman–Crippen MR) is 73.1 cm³/mol. The van der Waals surface area contributed by atoms with Gasteiger partial charge in [-0.15, -0.1) is 0 Å². The number of hydrogen-bond acceptors (Lipinski definition) is 4. The van der Waals surface area contributed by atoms with Gasteiger partial charge in [-0.1, -0.05) is 0 Å². The number of sulfonamides is 1. The zero-order valence-electron chi connectivity index (χ0n) is 11.7. The highest BCUT2D eigenvalue weighted by Gasteiger charge is 2.25. The Morgan fingerprint density at radius 1 is 1.50 bits per heavy atom. The van der Waals surface area contributed by atoms with Gasteiger partial charge in [0.05, 0.1) is 6.26 Å². The first-order valence-corrected chi connectivity index (χ1v) is 8.45. The summed E-state index contributed by atoms with van der Waals surface area (Å²) in [5.74, 6) is 0.429. The van der Waals surface area contributed by atoms with Gasteiger partial charge in [0.25, 0.3) is 0 Å². The molecule has 0 aliphatic carbocycles. The highest BCUT2D eigenvalue weighted by molar-refractivity contribution is 7.88. The van der Waals surface area contributed by atoms with Crippen LogP contribution < -0.4 is 5.32 Å². The Balaban J connectivity index is 2.30. The third-order valence-electron chi connectivity index (χ3n) is 3.46. The van der Waals surface area contributed by atoms with Crippen molar-refractivity contribution < 1.29 is 13.2 Å². The summed E-state index contributed by atoms with van der Waals surface area (Å²) < 4.78 is 29.6. The normalized spacial score (nSPS) is 24.1.